The maximum atomic E-state index is 5.46. The van der Waals surface area contributed by atoms with Gasteiger partial charge in [-0.2, -0.15) is 0 Å². The van der Waals surface area contributed by atoms with E-state index in [1.807, 2.05) is 25.4 Å². The number of H-pyrrole nitrogens is 1. The Morgan fingerprint density at radius 1 is 1.17 bits per heavy atom. The van der Waals surface area contributed by atoms with Crippen molar-refractivity contribution in [1.29, 1.82) is 0 Å². The van der Waals surface area contributed by atoms with E-state index in [-0.39, 0.29) is 5.54 Å². The first-order valence-electron chi connectivity index (χ1n) is 8.39. The molecular weight excluding hydrogens is 300 g/mol. The monoisotopic (exact) mass is 322 g/mol. The number of hydrogen-bond acceptors (Lipinski definition) is 4. The Balaban J connectivity index is 1.63. The van der Waals surface area contributed by atoms with Crippen LogP contribution in [0.15, 0.2) is 36.7 Å². The highest BCUT2D eigenvalue weighted by Crippen LogP contribution is 2.28. The van der Waals surface area contributed by atoms with Crippen LogP contribution in [0.4, 0.5) is 5.82 Å². The molecule has 5 nitrogen and oxygen atoms in total. The molecule has 0 spiro atoms. The first-order chi connectivity index (χ1) is 11.6. The van der Waals surface area contributed by atoms with Crippen LogP contribution in [0.1, 0.15) is 25.5 Å². The van der Waals surface area contributed by atoms with Crippen molar-refractivity contribution in [2.24, 2.45) is 0 Å². The molecule has 1 aliphatic heterocycles. The van der Waals surface area contributed by atoms with Gasteiger partial charge in [-0.3, -0.25) is 4.98 Å². The molecule has 0 bridgehead atoms. The molecule has 2 N–H and O–H groups in total. The number of pyridine rings is 2. The van der Waals surface area contributed by atoms with Gasteiger partial charge in [0.05, 0.1) is 5.52 Å². The number of hydrogen-bond donors (Lipinski definition) is 2. The second-order valence-electron chi connectivity index (χ2n) is 6.82. The largest absolute Gasteiger partial charge is 0.381 e. The van der Waals surface area contributed by atoms with Crippen molar-refractivity contribution in [3.8, 4) is 11.3 Å². The van der Waals surface area contributed by atoms with Gasteiger partial charge in [0, 0.05) is 59.6 Å². The summed E-state index contributed by atoms with van der Waals surface area (Å²) < 4.78 is 5.46. The van der Waals surface area contributed by atoms with Crippen molar-refractivity contribution in [3.05, 3.63) is 42.4 Å². The summed E-state index contributed by atoms with van der Waals surface area (Å²) in [7, 11) is 0. The lowest BCUT2D eigenvalue weighted by Gasteiger charge is -2.34. The molecule has 0 aromatic carbocycles. The fourth-order valence-corrected chi connectivity index (χ4v) is 3.22. The highest BCUT2D eigenvalue weighted by atomic mass is 16.5. The van der Waals surface area contributed by atoms with Crippen molar-refractivity contribution in [2.75, 3.05) is 18.5 Å². The molecule has 1 saturated heterocycles. The van der Waals surface area contributed by atoms with E-state index in [2.05, 4.69) is 45.4 Å². The van der Waals surface area contributed by atoms with Gasteiger partial charge in [0.15, 0.2) is 0 Å². The van der Waals surface area contributed by atoms with Crippen LogP contribution in [0.25, 0.3) is 22.2 Å². The summed E-state index contributed by atoms with van der Waals surface area (Å²) in [6.07, 6.45) is 5.76. The lowest BCUT2D eigenvalue weighted by Crippen LogP contribution is -2.40. The zero-order valence-corrected chi connectivity index (χ0v) is 14.1. The zero-order chi connectivity index (χ0) is 16.6. The first-order valence-corrected chi connectivity index (χ1v) is 8.39. The maximum absolute atomic E-state index is 5.46. The van der Waals surface area contributed by atoms with Crippen LogP contribution in [0.2, 0.25) is 0 Å². The molecule has 1 aliphatic rings. The molecule has 124 valence electrons. The topological polar surface area (TPSA) is 62.8 Å². The standard InChI is InChI=1S/C19H22N4O/c1-13-9-14(3-6-20-13)16-10-15-12-21-18(11-17(15)22-16)23-19(2)4-7-24-8-5-19/h3,6,9-12,22H,4-5,7-8H2,1-2H3,(H,21,23). The third-order valence-corrected chi connectivity index (χ3v) is 4.74. The number of aromatic amines is 1. The number of aryl methyl sites for hydroxylation is 1. The Labute approximate surface area is 141 Å². The summed E-state index contributed by atoms with van der Waals surface area (Å²) in [5.74, 6) is 0.909. The van der Waals surface area contributed by atoms with Crippen molar-refractivity contribution >= 4 is 16.7 Å². The van der Waals surface area contributed by atoms with Gasteiger partial charge >= 0.3 is 0 Å². The van der Waals surface area contributed by atoms with E-state index >= 15 is 0 Å². The summed E-state index contributed by atoms with van der Waals surface area (Å²) >= 11 is 0. The number of anilines is 1. The molecule has 0 unspecified atom stereocenters. The minimum absolute atomic E-state index is 0.0521. The van der Waals surface area contributed by atoms with Gasteiger partial charge in [-0.05, 0) is 44.9 Å². The quantitative estimate of drug-likeness (QED) is 0.767. The minimum Gasteiger partial charge on any atom is -0.381 e. The van der Waals surface area contributed by atoms with Crippen LogP contribution in [-0.4, -0.2) is 33.7 Å². The fraction of sp³-hybridized carbons (Fsp3) is 0.368. The summed E-state index contributed by atoms with van der Waals surface area (Å²) in [5.41, 5.74) is 4.39. The van der Waals surface area contributed by atoms with Crippen molar-refractivity contribution < 1.29 is 4.74 Å². The van der Waals surface area contributed by atoms with Gasteiger partial charge in [0.2, 0.25) is 0 Å². The van der Waals surface area contributed by atoms with Gasteiger partial charge < -0.3 is 15.0 Å². The van der Waals surface area contributed by atoms with Gasteiger partial charge in [-0.25, -0.2) is 4.98 Å². The van der Waals surface area contributed by atoms with E-state index in [1.54, 1.807) is 0 Å². The normalized spacial score (nSPS) is 17.1. The van der Waals surface area contributed by atoms with Crippen LogP contribution < -0.4 is 5.32 Å². The highest BCUT2D eigenvalue weighted by Gasteiger charge is 2.27. The molecule has 0 aliphatic carbocycles. The molecule has 3 aromatic rings. The highest BCUT2D eigenvalue weighted by molar-refractivity contribution is 5.86. The van der Waals surface area contributed by atoms with Gasteiger partial charge in [-0.1, -0.05) is 0 Å². The summed E-state index contributed by atoms with van der Waals surface area (Å²) in [5, 5.41) is 4.70. The molecule has 1 fully saturated rings. The number of fused-ring (bicyclic) bond motifs is 1. The van der Waals surface area contributed by atoms with Crippen molar-refractivity contribution in [3.63, 3.8) is 0 Å². The molecule has 0 radical (unpaired) electrons. The molecule has 4 heterocycles. The summed E-state index contributed by atoms with van der Waals surface area (Å²) in [6.45, 7) is 5.85. The fourth-order valence-electron chi connectivity index (χ4n) is 3.22. The minimum atomic E-state index is 0.0521. The molecular formula is C19H22N4O. The van der Waals surface area contributed by atoms with Crippen molar-refractivity contribution in [2.45, 2.75) is 32.2 Å². The molecule has 4 rings (SSSR count). The van der Waals surface area contributed by atoms with Gasteiger partial charge in [-0.15, -0.1) is 0 Å². The van der Waals surface area contributed by atoms with Gasteiger partial charge in [0.25, 0.3) is 0 Å². The van der Waals surface area contributed by atoms with E-state index in [1.165, 1.54) is 0 Å². The van der Waals surface area contributed by atoms with Crippen molar-refractivity contribution in [1.82, 2.24) is 15.0 Å². The first kappa shape index (κ1) is 15.1. The predicted octanol–water partition coefficient (Wildman–Crippen LogP) is 3.91. The van der Waals surface area contributed by atoms with Crippen LogP contribution >= 0.6 is 0 Å². The van der Waals surface area contributed by atoms with E-state index in [0.29, 0.717) is 0 Å². The molecule has 0 atom stereocenters. The van der Waals surface area contributed by atoms with Crippen LogP contribution in [0.5, 0.6) is 0 Å². The number of nitrogens with zero attached hydrogens (tertiary/aromatic N) is 2. The number of aromatic nitrogens is 3. The van der Waals surface area contributed by atoms with E-state index in [9.17, 15) is 0 Å². The molecule has 0 amide bonds. The second kappa shape index (κ2) is 5.91. The Kier molecular flexibility index (Phi) is 3.73. The van der Waals surface area contributed by atoms with Crippen LogP contribution in [0, 0.1) is 6.92 Å². The Morgan fingerprint density at radius 3 is 2.79 bits per heavy atom. The molecule has 0 saturated carbocycles. The molecule has 3 aromatic heterocycles. The molecule has 5 heteroatoms. The molecule has 24 heavy (non-hydrogen) atoms. The van der Waals surface area contributed by atoms with Gasteiger partial charge in [0.1, 0.15) is 5.82 Å². The summed E-state index contributed by atoms with van der Waals surface area (Å²) in [4.78, 5) is 12.3. The third kappa shape index (κ3) is 2.99. The van der Waals surface area contributed by atoms with Crippen LogP contribution in [0.3, 0.4) is 0 Å². The number of rotatable bonds is 3. The third-order valence-electron chi connectivity index (χ3n) is 4.74. The van der Waals surface area contributed by atoms with E-state index < -0.39 is 0 Å². The average molecular weight is 322 g/mol. The Hall–Kier alpha value is -2.40. The van der Waals surface area contributed by atoms with E-state index in [4.69, 9.17) is 4.74 Å². The average Bonchev–Trinajstić information content (AvgIpc) is 2.98. The van der Waals surface area contributed by atoms with E-state index in [0.717, 1.165) is 59.7 Å². The number of nitrogens with one attached hydrogen (secondary N) is 2. The van der Waals surface area contributed by atoms with Crippen LogP contribution in [-0.2, 0) is 4.74 Å². The maximum Gasteiger partial charge on any atom is 0.128 e. The number of ether oxygens (including phenoxy) is 1. The lowest BCUT2D eigenvalue weighted by atomic mass is 9.92. The Bertz CT molecular complexity index is 865. The predicted molar refractivity (Wildman–Crippen MR) is 96.1 cm³/mol. The zero-order valence-electron chi connectivity index (χ0n) is 14.1. The smallest absolute Gasteiger partial charge is 0.128 e. The second-order valence-corrected chi connectivity index (χ2v) is 6.82. The summed E-state index contributed by atoms with van der Waals surface area (Å²) in [6, 6.07) is 8.33. The Morgan fingerprint density at radius 2 is 2.00 bits per heavy atom. The lowest BCUT2D eigenvalue weighted by molar-refractivity contribution is 0.0657. The SMILES string of the molecule is Cc1cc(-c2cc3cnc(NC4(C)CCOCC4)cc3[nH]2)ccn1.